The van der Waals surface area contributed by atoms with Crippen LogP contribution in [0.2, 0.25) is 0 Å². The summed E-state index contributed by atoms with van der Waals surface area (Å²) in [6, 6.07) is 9.88. The van der Waals surface area contributed by atoms with Gasteiger partial charge in [0.2, 0.25) is 0 Å². The number of rotatable bonds is 3. The third-order valence-electron chi connectivity index (χ3n) is 2.66. The van der Waals surface area contributed by atoms with E-state index in [0.29, 0.717) is 6.61 Å². The van der Waals surface area contributed by atoms with Crippen molar-refractivity contribution < 1.29 is 4.74 Å². The molecule has 0 aliphatic heterocycles. The first-order valence-electron chi connectivity index (χ1n) is 5.40. The smallest absolute Gasteiger partial charge is 0.119 e. The fourth-order valence-electron chi connectivity index (χ4n) is 1.77. The summed E-state index contributed by atoms with van der Waals surface area (Å²) >= 11 is 6.15. The standard InChI is InChI=1S/C13H15ClO/c14-13-9-5-4-6-11(13)10-15-12-7-2-1-3-8-12/h1-3,7-8H,4-6,9-10H2. The SMILES string of the molecule is ClC1=C(COc2ccccc2)CCCC1. The minimum Gasteiger partial charge on any atom is -0.489 e. The lowest BCUT2D eigenvalue weighted by atomic mass is 10.00. The maximum Gasteiger partial charge on any atom is 0.119 e. The van der Waals surface area contributed by atoms with Gasteiger partial charge in [-0.05, 0) is 43.4 Å². The van der Waals surface area contributed by atoms with Crippen LogP contribution >= 0.6 is 11.6 Å². The van der Waals surface area contributed by atoms with Crippen LogP contribution in [-0.2, 0) is 0 Å². The predicted molar refractivity (Wildman–Crippen MR) is 63.3 cm³/mol. The molecule has 0 bridgehead atoms. The minimum atomic E-state index is 0.642. The van der Waals surface area contributed by atoms with E-state index in [-0.39, 0.29) is 0 Å². The van der Waals surface area contributed by atoms with Crippen LogP contribution in [0.4, 0.5) is 0 Å². The average Bonchev–Trinajstić information content (AvgIpc) is 2.29. The van der Waals surface area contributed by atoms with Crippen molar-refractivity contribution in [1.29, 1.82) is 0 Å². The molecule has 0 unspecified atom stereocenters. The molecular weight excluding hydrogens is 208 g/mol. The van der Waals surface area contributed by atoms with Gasteiger partial charge in [0.05, 0.1) is 0 Å². The van der Waals surface area contributed by atoms with Gasteiger partial charge in [-0.2, -0.15) is 0 Å². The van der Waals surface area contributed by atoms with E-state index in [1.807, 2.05) is 30.3 Å². The Labute approximate surface area is 95.7 Å². The first-order valence-corrected chi connectivity index (χ1v) is 5.78. The summed E-state index contributed by atoms with van der Waals surface area (Å²) in [4.78, 5) is 0. The Morgan fingerprint density at radius 2 is 1.80 bits per heavy atom. The van der Waals surface area contributed by atoms with Gasteiger partial charge >= 0.3 is 0 Å². The largest absolute Gasteiger partial charge is 0.489 e. The summed E-state index contributed by atoms with van der Waals surface area (Å²) in [5, 5.41) is 1.01. The molecule has 0 fully saturated rings. The van der Waals surface area contributed by atoms with Crippen LogP contribution in [-0.4, -0.2) is 6.61 Å². The molecule has 1 aliphatic rings. The van der Waals surface area contributed by atoms with Gasteiger partial charge in [-0.1, -0.05) is 29.8 Å². The Hall–Kier alpha value is -0.950. The monoisotopic (exact) mass is 222 g/mol. The summed E-state index contributed by atoms with van der Waals surface area (Å²) in [6.45, 7) is 0.642. The normalized spacial score (nSPS) is 16.6. The number of hydrogen-bond donors (Lipinski definition) is 0. The number of para-hydroxylation sites is 1. The molecule has 1 aliphatic carbocycles. The zero-order chi connectivity index (χ0) is 10.5. The highest BCUT2D eigenvalue weighted by atomic mass is 35.5. The first kappa shape index (κ1) is 10.6. The van der Waals surface area contributed by atoms with Crippen LogP contribution in [0.1, 0.15) is 25.7 Å². The molecule has 0 saturated carbocycles. The number of hydrogen-bond acceptors (Lipinski definition) is 1. The second-order valence-electron chi connectivity index (χ2n) is 3.82. The van der Waals surface area contributed by atoms with E-state index in [2.05, 4.69) is 0 Å². The molecule has 1 aromatic carbocycles. The molecular formula is C13H15ClO. The van der Waals surface area contributed by atoms with E-state index in [9.17, 15) is 0 Å². The molecule has 0 amide bonds. The highest BCUT2D eigenvalue weighted by Crippen LogP contribution is 2.27. The second-order valence-corrected chi connectivity index (χ2v) is 4.27. The van der Waals surface area contributed by atoms with Crippen molar-refractivity contribution in [3.63, 3.8) is 0 Å². The summed E-state index contributed by atoms with van der Waals surface area (Å²) in [5.41, 5.74) is 1.27. The number of benzene rings is 1. The van der Waals surface area contributed by atoms with E-state index in [0.717, 1.165) is 23.6 Å². The highest BCUT2D eigenvalue weighted by molar-refractivity contribution is 6.30. The van der Waals surface area contributed by atoms with Crippen LogP contribution in [0.3, 0.4) is 0 Å². The lowest BCUT2D eigenvalue weighted by Crippen LogP contribution is -2.06. The van der Waals surface area contributed by atoms with Crippen molar-refractivity contribution in [3.05, 3.63) is 40.9 Å². The van der Waals surface area contributed by atoms with Crippen molar-refractivity contribution in [3.8, 4) is 5.75 Å². The number of ether oxygens (including phenoxy) is 1. The van der Waals surface area contributed by atoms with Crippen LogP contribution < -0.4 is 4.74 Å². The van der Waals surface area contributed by atoms with Gasteiger partial charge in [0.1, 0.15) is 12.4 Å². The molecule has 1 nitrogen and oxygen atoms in total. The molecule has 1 aromatic rings. The zero-order valence-electron chi connectivity index (χ0n) is 8.71. The molecule has 80 valence electrons. The fourth-order valence-corrected chi connectivity index (χ4v) is 2.05. The maximum atomic E-state index is 6.15. The minimum absolute atomic E-state index is 0.642. The van der Waals surface area contributed by atoms with Crippen LogP contribution in [0.15, 0.2) is 40.9 Å². The van der Waals surface area contributed by atoms with Crippen molar-refractivity contribution in [2.24, 2.45) is 0 Å². The molecule has 15 heavy (non-hydrogen) atoms. The predicted octanol–water partition coefficient (Wildman–Crippen LogP) is 4.13. The quantitative estimate of drug-likeness (QED) is 0.747. The summed E-state index contributed by atoms with van der Waals surface area (Å²) in [5.74, 6) is 0.917. The first-order chi connectivity index (χ1) is 7.36. The third kappa shape index (κ3) is 3.00. The Kier molecular flexibility index (Phi) is 3.68. The van der Waals surface area contributed by atoms with E-state index in [4.69, 9.17) is 16.3 Å². The molecule has 0 N–H and O–H groups in total. The highest BCUT2D eigenvalue weighted by Gasteiger charge is 2.11. The summed E-state index contributed by atoms with van der Waals surface area (Å²) in [7, 11) is 0. The Bertz CT molecular complexity index is 343. The third-order valence-corrected chi connectivity index (χ3v) is 3.12. The van der Waals surface area contributed by atoms with E-state index in [1.54, 1.807) is 0 Å². The van der Waals surface area contributed by atoms with Gasteiger partial charge in [-0.25, -0.2) is 0 Å². The molecule has 2 rings (SSSR count). The Balaban J connectivity index is 1.93. The molecule has 0 atom stereocenters. The van der Waals surface area contributed by atoms with Gasteiger partial charge in [0.15, 0.2) is 0 Å². The van der Waals surface area contributed by atoms with Gasteiger partial charge < -0.3 is 4.74 Å². The van der Waals surface area contributed by atoms with Gasteiger partial charge in [0, 0.05) is 5.03 Å². The Morgan fingerprint density at radius 3 is 2.53 bits per heavy atom. The number of halogens is 1. The van der Waals surface area contributed by atoms with Crippen molar-refractivity contribution in [2.45, 2.75) is 25.7 Å². The molecule has 0 spiro atoms. The topological polar surface area (TPSA) is 9.23 Å². The van der Waals surface area contributed by atoms with Crippen molar-refractivity contribution >= 4 is 11.6 Å². The zero-order valence-corrected chi connectivity index (χ0v) is 9.46. The molecule has 0 aromatic heterocycles. The molecule has 2 heteroatoms. The Morgan fingerprint density at radius 1 is 1.07 bits per heavy atom. The maximum absolute atomic E-state index is 6.15. The van der Waals surface area contributed by atoms with Crippen molar-refractivity contribution in [1.82, 2.24) is 0 Å². The fraction of sp³-hybridized carbons (Fsp3) is 0.385. The second kappa shape index (κ2) is 5.22. The van der Waals surface area contributed by atoms with Crippen molar-refractivity contribution in [2.75, 3.05) is 6.61 Å². The lowest BCUT2D eigenvalue weighted by molar-refractivity contribution is 0.342. The van der Waals surface area contributed by atoms with Gasteiger partial charge in [0.25, 0.3) is 0 Å². The van der Waals surface area contributed by atoms with Crippen LogP contribution in [0.25, 0.3) is 0 Å². The molecule has 0 saturated heterocycles. The summed E-state index contributed by atoms with van der Waals surface area (Å²) < 4.78 is 5.67. The van der Waals surface area contributed by atoms with E-state index < -0.39 is 0 Å². The van der Waals surface area contributed by atoms with E-state index in [1.165, 1.54) is 18.4 Å². The van der Waals surface area contributed by atoms with Crippen LogP contribution in [0.5, 0.6) is 5.75 Å². The van der Waals surface area contributed by atoms with Gasteiger partial charge in [-0.15, -0.1) is 0 Å². The van der Waals surface area contributed by atoms with Crippen LogP contribution in [0, 0.1) is 0 Å². The molecule has 0 heterocycles. The van der Waals surface area contributed by atoms with Gasteiger partial charge in [-0.3, -0.25) is 0 Å². The molecule has 0 radical (unpaired) electrons. The van der Waals surface area contributed by atoms with E-state index >= 15 is 0 Å². The number of allylic oxidation sites excluding steroid dienone is 1. The average molecular weight is 223 g/mol. The lowest BCUT2D eigenvalue weighted by Gasteiger charge is -2.16. The summed E-state index contributed by atoms with van der Waals surface area (Å²) in [6.07, 6.45) is 4.57.